The van der Waals surface area contributed by atoms with E-state index in [0.717, 1.165) is 0 Å². The zero-order chi connectivity index (χ0) is 27.1. The fourth-order valence-electron chi connectivity index (χ4n) is 2.42. The summed E-state index contributed by atoms with van der Waals surface area (Å²) in [6.07, 6.45) is -1.27. The molecule has 0 radical (unpaired) electrons. The Morgan fingerprint density at radius 1 is 0.686 bits per heavy atom. The second kappa shape index (κ2) is 16.6. The minimum atomic E-state index is -1.52. The van der Waals surface area contributed by atoms with Crippen LogP contribution in [0.4, 0.5) is 0 Å². The van der Waals surface area contributed by atoms with Crippen LogP contribution < -0.4 is 27.0 Å². The van der Waals surface area contributed by atoms with Crippen LogP contribution in [0.5, 0.6) is 0 Å². The summed E-state index contributed by atoms with van der Waals surface area (Å²) in [7, 11) is 0. The molecule has 0 fully saturated rings. The Bertz CT molecular complexity index is 813. The molecule has 0 aromatic rings. The van der Waals surface area contributed by atoms with Gasteiger partial charge in [0.25, 0.3) is 0 Å². The van der Waals surface area contributed by atoms with Gasteiger partial charge in [0, 0.05) is 24.3 Å². The highest BCUT2D eigenvalue weighted by molar-refractivity contribution is 7.80. The fraction of sp³-hybridized carbons (Fsp3) is 0.611. The predicted octanol–water partition coefficient (Wildman–Crippen LogP) is -3.44. The van der Waals surface area contributed by atoms with Gasteiger partial charge >= 0.3 is 17.9 Å². The Morgan fingerprint density at radius 2 is 1.17 bits per heavy atom. The molecule has 0 rings (SSSR count). The van der Waals surface area contributed by atoms with E-state index in [9.17, 15) is 38.7 Å². The van der Waals surface area contributed by atoms with Crippen molar-refractivity contribution in [2.24, 2.45) is 5.73 Å². The van der Waals surface area contributed by atoms with Crippen LogP contribution >= 0.6 is 25.3 Å². The molecule has 4 amide bonds. The van der Waals surface area contributed by atoms with E-state index in [1.165, 1.54) is 0 Å². The van der Waals surface area contributed by atoms with Crippen LogP contribution in [0.2, 0.25) is 0 Å². The summed E-state index contributed by atoms with van der Waals surface area (Å²) in [5, 5.41) is 35.5. The molecule has 0 saturated carbocycles. The van der Waals surface area contributed by atoms with E-state index in [4.69, 9.17) is 15.9 Å². The minimum absolute atomic E-state index is 0.156. The van der Waals surface area contributed by atoms with Gasteiger partial charge < -0.3 is 42.3 Å². The Kier molecular flexibility index (Phi) is 15.1. The molecule has 0 heterocycles. The number of nitrogens with two attached hydrogens (primary N) is 1. The van der Waals surface area contributed by atoms with E-state index >= 15 is 0 Å². The summed E-state index contributed by atoms with van der Waals surface area (Å²) in [5.74, 6) is -7.54. The van der Waals surface area contributed by atoms with Crippen molar-refractivity contribution in [3.8, 4) is 0 Å². The van der Waals surface area contributed by atoms with Crippen molar-refractivity contribution < 1.29 is 48.9 Å². The quantitative estimate of drug-likeness (QED) is 0.0813. The molecule has 0 aromatic carbocycles. The van der Waals surface area contributed by atoms with Gasteiger partial charge in [-0.1, -0.05) is 0 Å². The lowest BCUT2D eigenvalue weighted by atomic mass is 10.1. The molecular weight excluding hydrogens is 510 g/mol. The number of carboxylic acid groups (broad SMARTS) is 3. The molecule has 0 aliphatic heterocycles. The predicted molar refractivity (Wildman–Crippen MR) is 126 cm³/mol. The van der Waals surface area contributed by atoms with Crippen molar-refractivity contribution in [1.82, 2.24) is 21.3 Å². The number of hydrogen-bond donors (Lipinski definition) is 10. The summed E-state index contributed by atoms with van der Waals surface area (Å²) < 4.78 is 0. The maximum absolute atomic E-state index is 12.4. The molecule has 9 N–H and O–H groups in total. The van der Waals surface area contributed by atoms with E-state index in [0.29, 0.717) is 0 Å². The minimum Gasteiger partial charge on any atom is -0.480 e. The first-order valence-corrected chi connectivity index (χ1v) is 11.4. The first-order chi connectivity index (χ1) is 16.3. The highest BCUT2D eigenvalue weighted by Gasteiger charge is 2.27. The van der Waals surface area contributed by atoms with Gasteiger partial charge in [0.05, 0.1) is 0 Å². The van der Waals surface area contributed by atoms with Crippen LogP contribution in [0.1, 0.15) is 25.7 Å². The molecule has 35 heavy (non-hydrogen) atoms. The number of carbonyl (C=O) groups excluding carboxylic acids is 4. The Balaban J connectivity index is 4.83. The van der Waals surface area contributed by atoms with E-state index in [2.05, 4.69) is 46.5 Å². The monoisotopic (exact) mass is 539 g/mol. The smallest absolute Gasteiger partial charge is 0.326 e. The first kappa shape index (κ1) is 31.9. The van der Waals surface area contributed by atoms with Crippen molar-refractivity contribution in [3.05, 3.63) is 0 Å². The number of hydrogen-bond acceptors (Lipinski definition) is 10. The maximum atomic E-state index is 12.4. The Hall–Kier alpha value is -3.05. The lowest BCUT2D eigenvalue weighted by Crippen LogP contribution is -2.53. The summed E-state index contributed by atoms with van der Waals surface area (Å²) >= 11 is 7.84. The molecular formula is C18H29N5O10S2. The summed E-state index contributed by atoms with van der Waals surface area (Å²) in [6.45, 7) is -0.665. The van der Waals surface area contributed by atoms with Crippen LogP contribution in [0.3, 0.4) is 0 Å². The Morgan fingerprint density at radius 3 is 1.60 bits per heavy atom. The van der Waals surface area contributed by atoms with Crippen molar-refractivity contribution in [2.45, 2.75) is 49.9 Å². The number of rotatable bonds is 17. The number of amides is 4. The number of carboxylic acids is 3. The average molecular weight is 540 g/mol. The summed E-state index contributed by atoms with van der Waals surface area (Å²) in [6, 6.07) is -5.20. The number of carbonyl (C=O) groups is 7. The maximum Gasteiger partial charge on any atom is 0.326 e. The third-order valence-corrected chi connectivity index (χ3v) is 5.09. The fourth-order valence-corrected chi connectivity index (χ4v) is 2.94. The molecule has 17 heteroatoms. The molecule has 4 atom stereocenters. The van der Waals surface area contributed by atoms with Crippen LogP contribution in [0, 0.1) is 0 Å². The van der Waals surface area contributed by atoms with Crippen molar-refractivity contribution in [3.63, 3.8) is 0 Å². The van der Waals surface area contributed by atoms with Gasteiger partial charge in [0.15, 0.2) is 0 Å². The Labute approximate surface area is 210 Å². The molecule has 0 spiro atoms. The van der Waals surface area contributed by atoms with Gasteiger partial charge in [0.1, 0.15) is 30.7 Å². The number of nitrogens with one attached hydrogen (secondary N) is 4. The van der Waals surface area contributed by atoms with Gasteiger partial charge in [-0.25, -0.2) is 4.79 Å². The van der Waals surface area contributed by atoms with Crippen LogP contribution in [0.15, 0.2) is 0 Å². The second-order valence-electron chi connectivity index (χ2n) is 7.14. The molecule has 0 saturated heterocycles. The second-order valence-corrected chi connectivity index (χ2v) is 7.87. The summed E-state index contributed by atoms with van der Waals surface area (Å²) in [4.78, 5) is 81.0. The molecule has 15 nitrogen and oxygen atoms in total. The van der Waals surface area contributed by atoms with Gasteiger partial charge in [-0.15, -0.1) is 0 Å². The summed E-state index contributed by atoms with van der Waals surface area (Å²) in [5.41, 5.74) is 5.31. The van der Waals surface area contributed by atoms with Gasteiger partial charge in [-0.05, 0) is 12.8 Å². The van der Waals surface area contributed by atoms with E-state index < -0.39 is 78.7 Å². The molecule has 0 aromatic heterocycles. The lowest BCUT2D eigenvalue weighted by molar-refractivity contribution is -0.142. The zero-order valence-electron chi connectivity index (χ0n) is 18.4. The topological polar surface area (TPSA) is 254 Å². The number of aliphatic carboxylic acids is 3. The highest BCUT2D eigenvalue weighted by atomic mass is 32.1. The largest absolute Gasteiger partial charge is 0.480 e. The normalized spacial score (nSPS) is 13.9. The van der Waals surface area contributed by atoms with Crippen molar-refractivity contribution in [1.29, 1.82) is 0 Å². The molecule has 1 unspecified atom stereocenters. The molecule has 198 valence electrons. The van der Waals surface area contributed by atoms with E-state index in [-0.39, 0.29) is 30.8 Å². The third-order valence-electron chi connectivity index (χ3n) is 4.36. The molecule has 0 aliphatic rings. The lowest BCUT2D eigenvalue weighted by Gasteiger charge is -2.21. The third kappa shape index (κ3) is 13.4. The molecule has 0 bridgehead atoms. The molecule has 0 aliphatic carbocycles. The van der Waals surface area contributed by atoms with E-state index in [1.807, 2.05) is 0 Å². The van der Waals surface area contributed by atoms with Gasteiger partial charge in [0.2, 0.25) is 23.6 Å². The van der Waals surface area contributed by atoms with Gasteiger partial charge in [-0.3, -0.25) is 28.8 Å². The standard InChI is InChI=1S/C18H29N5O10S2/c19-8(17(30)31)1-3-12(24)22-11(7-35)16(29)23-9(18(32)33)2-4-13(25)21-10(6-34)15(28)20-5-14(26)27/h8-11,34-35H,1-7,19H2,(H,20,28)(H,21,25)(H,22,24)(H,23,29)(H,26,27)(H,30,31)(H,32,33)/t8-,9-,10?,11-/m0/s1. The van der Waals surface area contributed by atoms with E-state index in [1.54, 1.807) is 0 Å². The van der Waals surface area contributed by atoms with Crippen molar-refractivity contribution in [2.75, 3.05) is 18.1 Å². The van der Waals surface area contributed by atoms with Crippen molar-refractivity contribution >= 4 is 66.8 Å². The van der Waals surface area contributed by atoms with Gasteiger partial charge in [-0.2, -0.15) is 25.3 Å². The highest BCUT2D eigenvalue weighted by Crippen LogP contribution is 2.02. The SMILES string of the molecule is N[C@@H](CCC(=O)N[C@@H](CS)C(=O)N[C@@H](CCC(=O)NC(CS)C(=O)NCC(=O)O)C(=O)O)C(=O)O. The van der Waals surface area contributed by atoms with Crippen LogP contribution in [-0.2, 0) is 33.6 Å². The number of thiol groups is 2. The van der Waals surface area contributed by atoms with Crippen LogP contribution in [0.25, 0.3) is 0 Å². The first-order valence-electron chi connectivity index (χ1n) is 10.1. The zero-order valence-corrected chi connectivity index (χ0v) is 20.2. The average Bonchev–Trinajstić information content (AvgIpc) is 2.79. The van der Waals surface area contributed by atoms with Crippen LogP contribution in [-0.4, -0.2) is 99.1 Å².